The summed E-state index contributed by atoms with van der Waals surface area (Å²) in [4.78, 5) is 13.9. The molecule has 2 aliphatic heterocycles. The highest BCUT2D eigenvalue weighted by Crippen LogP contribution is 2.11. The summed E-state index contributed by atoms with van der Waals surface area (Å²) >= 11 is 0. The van der Waals surface area contributed by atoms with E-state index in [1.54, 1.807) is 0 Å². The Morgan fingerprint density at radius 3 is 2.75 bits per heavy atom. The van der Waals surface area contributed by atoms with Gasteiger partial charge in [0.15, 0.2) is 0 Å². The Bertz CT molecular complexity index is 221. The van der Waals surface area contributed by atoms with E-state index in [0.717, 1.165) is 32.5 Å². The Labute approximate surface area is 97.3 Å². The minimum atomic E-state index is 0.150. The SMILES string of the molecule is O=C(CN1CCCCC1)NC[C@H]1CCCO1. The largest absolute Gasteiger partial charge is 0.376 e. The summed E-state index contributed by atoms with van der Waals surface area (Å²) in [6.07, 6.45) is 6.26. The first-order valence-corrected chi connectivity index (χ1v) is 6.45. The van der Waals surface area contributed by atoms with Crippen LogP contribution in [0.5, 0.6) is 0 Å². The van der Waals surface area contributed by atoms with Crippen LogP contribution in [0.1, 0.15) is 32.1 Å². The van der Waals surface area contributed by atoms with E-state index in [1.165, 1.54) is 19.3 Å². The number of nitrogens with zero attached hydrogens (tertiary/aromatic N) is 1. The molecular weight excluding hydrogens is 204 g/mol. The third-order valence-electron chi connectivity index (χ3n) is 3.37. The Morgan fingerprint density at radius 1 is 1.25 bits per heavy atom. The molecule has 0 radical (unpaired) electrons. The van der Waals surface area contributed by atoms with E-state index < -0.39 is 0 Å². The standard InChI is InChI=1S/C12H22N2O2/c15-12(10-14-6-2-1-3-7-14)13-9-11-5-4-8-16-11/h11H,1-10H2,(H,13,15)/t11-/m1/s1. The van der Waals surface area contributed by atoms with Gasteiger partial charge in [-0.15, -0.1) is 0 Å². The number of likely N-dealkylation sites (tertiary alicyclic amines) is 1. The van der Waals surface area contributed by atoms with Crippen LogP contribution in [0, 0.1) is 0 Å². The van der Waals surface area contributed by atoms with Crippen LogP contribution in [0.15, 0.2) is 0 Å². The van der Waals surface area contributed by atoms with Crippen LogP contribution in [-0.2, 0) is 9.53 Å². The maximum atomic E-state index is 11.7. The zero-order chi connectivity index (χ0) is 11.2. The van der Waals surface area contributed by atoms with Crippen molar-refractivity contribution in [3.05, 3.63) is 0 Å². The first kappa shape index (κ1) is 11.9. The first-order valence-electron chi connectivity index (χ1n) is 6.45. The molecule has 0 aromatic carbocycles. The van der Waals surface area contributed by atoms with Gasteiger partial charge in [0.1, 0.15) is 0 Å². The van der Waals surface area contributed by atoms with Crippen molar-refractivity contribution in [3.63, 3.8) is 0 Å². The molecule has 0 saturated carbocycles. The number of rotatable bonds is 4. The summed E-state index contributed by atoms with van der Waals surface area (Å²) < 4.78 is 5.46. The Hall–Kier alpha value is -0.610. The summed E-state index contributed by atoms with van der Waals surface area (Å²) in [6, 6.07) is 0. The molecule has 16 heavy (non-hydrogen) atoms. The third-order valence-corrected chi connectivity index (χ3v) is 3.37. The number of hydrogen-bond donors (Lipinski definition) is 1. The third kappa shape index (κ3) is 3.76. The van der Waals surface area contributed by atoms with E-state index in [0.29, 0.717) is 13.1 Å². The number of piperidine rings is 1. The molecule has 1 amide bonds. The van der Waals surface area contributed by atoms with Crippen LogP contribution in [0.25, 0.3) is 0 Å². The van der Waals surface area contributed by atoms with Crippen molar-refractivity contribution in [1.29, 1.82) is 0 Å². The Morgan fingerprint density at radius 2 is 2.06 bits per heavy atom. The van der Waals surface area contributed by atoms with Crippen molar-refractivity contribution in [3.8, 4) is 0 Å². The molecule has 2 fully saturated rings. The average molecular weight is 226 g/mol. The first-order chi connectivity index (χ1) is 7.84. The van der Waals surface area contributed by atoms with Crippen molar-refractivity contribution >= 4 is 5.91 Å². The lowest BCUT2D eigenvalue weighted by Gasteiger charge is -2.25. The van der Waals surface area contributed by atoms with Gasteiger partial charge in [0.2, 0.25) is 5.91 Å². The van der Waals surface area contributed by atoms with Gasteiger partial charge in [0.05, 0.1) is 12.6 Å². The molecule has 2 saturated heterocycles. The lowest BCUT2D eigenvalue weighted by atomic mass is 10.1. The summed E-state index contributed by atoms with van der Waals surface area (Å²) in [6.45, 7) is 4.26. The second-order valence-corrected chi connectivity index (χ2v) is 4.78. The minimum Gasteiger partial charge on any atom is -0.376 e. The van der Waals surface area contributed by atoms with Crippen LogP contribution in [0.3, 0.4) is 0 Å². The highest BCUT2D eigenvalue weighted by molar-refractivity contribution is 5.78. The van der Waals surface area contributed by atoms with Gasteiger partial charge >= 0.3 is 0 Å². The van der Waals surface area contributed by atoms with E-state index in [4.69, 9.17) is 4.74 Å². The van der Waals surface area contributed by atoms with Gasteiger partial charge in [-0.25, -0.2) is 0 Å². The summed E-state index contributed by atoms with van der Waals surface area (Å²) in [5.74, 6) is 0.150. The molecule has 2 rings (SSSR count). The molecule has 1 N–H and O–H groups in total. The van der Waals surface area contributed by atoms with Gasteiger partial charge in [-0.05, 0) is 38.8 Å². The predicted molar refractivity (Wildman–Crippen MR) is 62.3 cm³/mol. The van der Waals surface area contributed by atoms with E-state index in [2.05, 4.69) is 10.2 Å². The smallest absolute Gasteiger partial charge is 0.234 e. The second-order valence-electron chi connectivity index (χ2n) is 4.78. The van der Waals surface area contributed by atoms with Gasteiger partial charge < -0.3 is 10.1 Å². The van der Waals surface area contributed by atoms with Gasteiger partial charge in [-0.2, -0.15) is 0 Å². The van der Waals surface area contributed by atoms with Crippen molar-refractivity contribution in [1.82, 2.24) is 10.2 Å². The highest BCUT2D eigenvalue weighted by atomic mass is 16.5. The average Bonchev–Trinajstić information content (AvgIpc) is 2.81. The van der Waals surface area contributed by atoms with E-state index >= 15 is 0 Å². The minimum absolute atomic E-state index is 0.150. The number of nitrogens with one attached hydrogen (secondary N) is 1. The molecule has 1 atom stereocenters. The van der Waals surface area contributed by atoms with Crippen LogP contribution in [-0.4, -0.2) is 49.7 Å². The molecule has 4 heteroatoms. The summed E-state index contributed by atoms with van der Waals surface area (Å²) in [7, 11) is 0. The summed E-state index contributed by atoms with van der Waals surface area (Å²) in [5.41, 5.74) is 0. The molecule has 2 aliphatic rings. The fourth-order valence-corrected chi connectivity index (χ4v) is 2.41. The molecule has 0 aromatic rings. The molecule has 92 valence electrons. The molecule has 0 unspecified atom stereocenters. The normalized spacial score (nSPS) is 26.9. The molecule has 0 bridgehead atoms. The predicted octanol–water partition coefficient (Wildman–Crippen LogP) is 0.767. The van der Waals surface area contributed by atoms with Gasteiger partial charge in [-0.1, -0.05) is 6.42 Å². The molecule has 0 spiro atoms. The van der Waals surface area contributed by atoms with Crippen molar-refractivity contribution in [2.24, 2.45) is 0 Å². The lowest BCUT2D eigenvalue weighted by Crippen LogP contribution is -2.41. The van der Waals surface area contributed by atoms with Gasteiger partial charge in [-0.3, -0.25) is 9.69 Å². The fourth-order valence-electron chi connectivity index (χ4n) is 2.41. The fraction of sp³-hybridized carbons (Fsp3) is 0.917. The zero-order valence-electron chi connectivity index (χ0n) is 9.91. The number of carbonyl (C=O) groups excluding carboxylic acids is 1. The van der Waals surface area contributed by atoms with E-state index in [-0.39, 0.29) is 12.0 Å². The van der Waals surface area contributed by atoms with Crippen molar-refractivity contribution in [2.45, 2.75) is 38.2 Å². The number of ether oxygens (including phenoxy) is 1. The number of amides is 1. The summed E-state index contributed by atoms with van der Waals surface area (Å²) in [5, 5.41) is 2.97. The molecule has 0 aliphatic carbocycles. The Balaban J connectivity index is 1.59. The van der Waals surface area contributed by atoms with Crippen molar-refractivity contribution < 1.29 is 9.53 Å². The molecule has 4 nitrogen and oxygen atoms in total. The van der Waals surface area contributed by atoms with Gasteiger partial charge in [0, 0.05) is 13.2 Å². The van der Waals surface area contributed by atoms with Gasteiger partial charge in [0.25, 0.3) is 0 Å². The molecule has 0 aromatic heterocycles. The zero-order valence-corrected chi connectivity index (χ0v) is 9.91. The monoisotopic (exact) mass is 226 g/mol. The van der Waals surface area contributed by atoms with E-state index in [9.17, 15) is 4.79 Å². The van der Waals surface area contributed by atoms with E-state index in [1.807, 2.05) is 0 Å². The molecule has 2 heterocycles. The van der Waals surface area contributed by atoms with Crippen LogP contribution >= 0.6 is 0 Å². The highest BCUT2D eigenvalue weighted by Gasteiger charge is 2.17. The maximum Gasteiger partial charge on any atom is 0.234 e. The topological polar surface area (TPSA) is 41.6 Å². The number of hydrogen-bond acceptors (Lipinski definition) is 3. The van der Waals surface area contributed by atoms with Crippen LogP contribution in [0.2, 0.25) is 0 Å². The van der Waals surface area contributed by atoms with Crippen LogP contribution < -0.4 is 5.32 Å². The Kier molecular flexibility index (Phi) is 4.60. The number of carbonyl (C=O) groups is 1. The quantitative estimate of drug-likeness (QED) is 0.770. The van der Waals surface area contributed by atoms with Crippen molar-refractivity contribution in [2.75, 3.05) is 32.8 Å². The van der Waals surface area contributed by atoms with Crippen LogP contribution in [0.4, 0.5) is 0 Å². The lowest BCUT2D eigenvalue weighted by molar-refractivity contribution is -0.122. The second kappa shape index (κ2) is 6.21. The maximum absolute atomic E-state index is 11.7. The molecular formula is C12H22N2O2.